The minimum Gasteiger partial charge on any atom is -0.393 e. The SMILES string of the molecule is C[B]c1ccc(N)c([N+](=O)[O-])c1. The normalized spacial score (nSPS) is 9.42. The molecule has 0 unspecified atom stereocenters. The summed E-state index contributed by atoms with van der Waals surface area (Å²) in [5.41, 5.74) is 6.35. The molecule has 1 aromatic carbocycles. The van der Waals surface area contributed by atoms with E-state index >= 15 is 0 Å². The van der Waals surface area contributed by atoms with Crippen molar-refractivity contribution in [2.75, 3.05) is 5.73 Å². The van der Waals surface area contributed by atoms with Crippen LogP contribution in [-0.2, 0) is 0 Å². The lowest BCUT2D eigenvalue weighted by Crippen LogP contribution is -2.11. The molecule has 0 saturated heterocycles. The Balaban J connectivity index is 3.17. The summed E-state index contributed by atoms with van der Waals surface area (Å²) in [5, 5.41) is 10.4. The second kappa shape index (κ2) is 3.25. The van der Waals surface area contributed by atoms with E-state index < -0.39 is 4.92 Å². The van der Waals surface area contributed by atoms with Crippen LogP contribution < -0.4 is 11.2 Å². The van der Waals surface area contributed by atoms with Crippen molar-refractivity contribution in [1.29, 1.82) is 0 Å². The first kappa shape index (κ1) is 8.58. The Kier molecular flexibility index (Phi) is 2.33. The lowest BCUT2D eigenvalue weighted by Gasteiger charge is -1.98. The molecule has 0 aromatic heterocycles. The molecule has 1 radical (unpaired) electrons. The Bertz CT molecular complexity index is 314. The average molecular weight is 163 g/mol. The zero-order valence-electron chi connectivity index (χ0n) is 6.65. The molecular weight excluding hydrogens is 155 g/mol. The molecule has 0 atom stereocenters. The molecule has 0 bridgehead atoms. The first-order valence-electron chi connectivity index (χ1n) is 3.48. The third-order valence-corrected chi connectivity index (χ3v) is 1.58. The van der Waals surface area contributed by atoms with Gasteiger partial charge in [0, 0.05) is 6.07 Å². The smallest absolute Gasteiger partial charge is 0.291 e. The maximum absolute atomic E-state index is 10.4. The van der Waals surface area contributed by atoms with Crippen molar-refractivity contribution < 1.29 is 4.92 Å². The van der Waals surface area contributed by atoms with E-state index in [0.717, 1.165) is 5.46 Å². The first-order valence-corrected chi connectivity index (χ1v) is 3.48. The number of nitrogens with zero attached hydrogens (tertiary/aromatic N) is 1. The lowest BCUT2D eigenvalue weighted by molar-refractivity contribution is -0.383. The number of anilines is 1. The van der Waals surface area contributed by atoms with Crippen LogP contribution in [0.2, 0.25) is 6.82 Å². The second-order valence-corrected chi connectivity index (χ2v) is 2.36. The molecule has 0 fully saturated rings. The monoisotopic (exact) mass is 163 g/mol. The molecule has 2 N–H and O–H groups in total. The predicted octanol–water partition coefficient (Wildman–Crippen LogP) is 0.555. The molecule has 0 aliphatic rings. The molecular formula is C7H8BN2O2. The number of hydrogen-bond acceptors (Lipinski definition) is 3. The van der Waals surface area contributed by atoms with Gasteiger partial charge in [-0.25, -0.2) is 0 Å². The van der Waals surface area contributed by atoms with Gasteiger partial charge in [-0.1, -0.05) is 18.4 Å². The van der Waals surface area contributed by atoms with Crippen molar-refractivity contribution >= 4 is 24.1 Å². The van der Waals surface area contributed by atoms with Crippen LogP contribution in [0, 0.1) is 10.1 Å². The van der Waals surface area contributed by atoms with Crippen molar-refractivity contribution in [2.45, 2.75) is 6.82 Å². The standard InChI is InChI=1S/C7H8BN2O2/c1-8-5-2-3-6(9)7(4-5)10(11)12/h2-4H,9H2,1H3. The summed E-state index contributed by atoms with van der Waals surface area (Å²) < 4.78 is 0. The van der Waals surface area contributed by atoms with Crippen molar-refractivity contribution in [1.82, 2.24) is 0 Å². The summed E-state index contributed by atoms with van der Waals surface area (Å²) in [4.78, 5) is 9.92. The van der Waals surface area contributed by atoms with E-state index in [9.17, 15) is 10.1 Å². The zero-order valence-corrected chi connectivity index (χ0v) is 6.65. The summed E-state index contributed by atoms with van der Waals surface area (Å²) in [6.07, 6.45) is 0. The van der Waals surface area contributed by atoms with Crippen LogP contribution in [-0.4, -0.2) is 12.2 Å². The number of nitrogen functional groups attached to an aromatic ring is 1. The number of nitro groups is 1. The molecule has 61 valence electrons. The fraction of sp³-hybridized carbons (Fsp3) is 0.143. The van der Waals surface area contributed by atoms with Crippen molar-refractivity contribution in [3.8, 4) is 0 Å². The molecule has 1 aromatic rings. The van der Waals surface area contributed by atoms with Gasteiger partial charge in [0.05, 0.1) is 4.92 Å². The Morgan fingerprint density at radius 2 is 2.25 bits per heavy atom. The van der Waals surface area contributed by atoms with Crippen LogP contribution in [0.3, 0.4) is 0 Å². The zero-order chi connectivity index (χ0) is 9.14. The van der Waals surface area contributed by atoms with Crippen LogP contribution in [0.5, 0.6) is 0 Å². The summed E-state index contributed by atoms with van der Waals surface area (Å²) in [5.74, 6) is 0. The highest BCUT2D eigenvalue weighted by Gasteiger charge is 2.10. The average Bonchev–Trinajstić information content (AvgIpc) is 2.05. The fourth-order valence-electron chi connectivity index (χ4n) is 0.898. The van der Waals surface area contributed by atoms with Crippen molar-refractivity contribution in [3.63, 3.8) is 0 Å². The molecule has 0 amide bonds. The van der Waals surface area contributed by atoms with Gasteiger partial charge in [-0.3, -0.25) is 10.1 Å². The maximum Gasteiger partial charge on any atom is 0.291 e. The summed E-state index contributed by atoms with van der Waals surface area (Å²) in [6.45, 7) is 1.81. The van der Waals surface area contributed by atoms with Crippen molar-refractivity contribution in [2.24, 2.45) is 0 Å². The van der Waals surface area contributed by atoms with Crippen LogP contribution in [0.4, 0.5) is 11.4 Å². The van der Waals surface area contributed by atoms with Gasteiger partial charge in [-0.15, -0.1) is 0 Å². The van der Waals surface area contributed by atoms with Gasteiger partial charge in [0.25, 0.3) is 5.69 Å². The van der Waals surface area contributed by atoms with Gasteiger partial charge >= 0.3 is 0 Å². The minimum absolute atomic E-state index is 0.0365. The third-order valence-electron chi connectivity index (χ3n) is 1.58. The molecule has 4 nitrogen and oxygen atoms in total. The van der Waals surface area contributed by atoms with Crippen LogP contribution in [0.25, 0.3) is 0 Å². The molecule has 0 aliphatic heterocycles. The third kappa shape index (κ3) is 1.55. The quantitative estimate of drug-likeness (QED) is 0.299. The second-order valence-electron chi connectivity index (χ2n) is 2.36. The molecule has 0 saturated carbocycles. The molecule has 0 spiro atoms. The largest absolute Gasteiger partial charge is 0.393 e. The first-order chi connectivity index (χ1) is 5.65. The Morgan fingerprint density at radius 1 is 1.58 bits per heavy atom. The highest BCUT2D eigenvalue weighted by molar-refractivity contribution is 6.52. The van der Waals surface area contributed by atoms with E-state index in [1.807, 2.05) is 6.82 Å². The van der Waals surface area contributed by atoms with Gasteiger partial charge in [-0.2, -0.15) is 0 Å². The van der Waals surface area contributed by atoms with E-state index in [1.54, 1.807) is 13.3 Å². The van der Waals surface area contributed by atoms with Crippen LogP contribution in [0.1, 0.15) is 0 Å². The Hall–Kier alpha value is -1.52. The summed E-state index contributed by atoms with van der Waals surface area (Å²) in [6, 6.07) is 4.73. The molecule has 12 heavy (non-hydrogen) atoms. The van der Waals surface area contributed by atoms with E-state index in [2.05, 4.69) is 0 Å². The number of nitrogens with two attached hydrogens (primary N) is 1. The Labute approximate surface area is 70.8 Å². The molecule has 0 aliphatic carbocycles. The number of benzene rings is 1. The number of nitro benzene ring substituents is 1. The molecule has 0 heterocycles. The summed E-state index contributed by atoms with van der Waals surface area (Å²) in [7, 11) is 1.78. The molecule has 5 heteroatoms. The maximum atomic E-state index is 10.4. The highest BCUT2D eigenvalue weighted by Crippen LogP contribution is 2.17. The molecule has 1 rings (SSSR count). The summed E-state index contributed by atoms with van der Waals surface area (Å²) >= 11 is 0. The highest BCUT2D eigenvalue weighted by atomic mass is 16.6. The van der Waals surface area contributed by atoms with Gasteiger partial charge in [-0.05, 0) is 6.07 Å². The van der Waals surface area contributed by atoms with E-state index in [1.165, 1.54) is 12.1 Å². The van der Waals surface area contributed by atoms with E-state index in [-0.39, 0.29) is 11.4 Å². The fourth-order valence-corrected chi connectivity index (χ4v) is 0.898. The Morgan fingerprint density at radius 3 is 2.75 bits per heavy atom. The topological polar surface area (TPSA) is 69.2 Å². The lowest BCUT2D eigenvalue weighted by atomic mass is 9.73. The van der Waals surface area contributed by atoms with E-state index in [4.69, 9.17) is 5.73 Å². The minimum atomic E-state index is -0.484. The predicted molar refractivity (Wildman–Crippen MR) is 48.8 cm³/mol. The van der Waals surface area contributed by atoms with Crippen molar-refractivity contribution in [3.05, 3.63) is 28.3 Å². The van der Waals surface area contributed by atoms with Crippen LogP contribution >= 0.6 is 0 Å². The number of hydrogen-bond donors (Lipinski definition) is 1. The van der Waals surface area contributed by atoms with Gasteiger partial charge in [0.15, 0.2) is 0 Å². The van der Waals surface area contributed by atoms with Gasteiger partial charge < -0.3 is 5.73 Å². The van der Waals surface area contributed by atoms with E-state index in [0.29, 0.717) is 0 Å². The van der Waals surface area contributed by atoms with Gasteiger partial charge in [0.2, 0.25) is 0 Å². The van der Waals surface area contributed by atoms with Gasteiger partial charge in [0.1, 0.15) is 13.0 Å². The number of rotatable bonds is 2. The van der Waals surface area contributed by atoms with Crippen LogP contribution in [0.15, 0.2) is 18.2 Å².